The molecule has 0 aliphatic carbocycles. The molecular formula is C42H42N2O. The van der Waals surface area contributed by atoms with Gasteiger partial charge in [-0.15, -0.1) is 0 Å². The van der Waals surface area contributed by atoms with Crippen LogP contribution in [0.4, 0.5) is 11.4 Å². The van der Waals surface area contributed by atoms with Crippen LogP contribution in [0.1, 0.15) is 52.7 Å². The Kier molecular flexibility index (Phi) is 7.97. The second kappa shape index (κ2) is 11.9. The normalized spacial score (nSPS) is 11.9. The minimum atomic E-state index is 0.0129. The number of para-hydroxylation sites is 1. The molecule has 45 heavy (non-hydrogen) atoms. The van der Waals surface area contributed by atoms with Gasteiger partial charge in [0, 0.05) is 27.9 Å². The molecular weight excluding hydrogens is 548 g/mol. The number of pyridine rings is 1. The summed E-state index contributed by atoms with van der Waals surface area (Å²) >= 11 is 0. The second-order valence-corrected chi connectivity index (χ2v) is 13.9. The molecule has 0 aliphatic heterocycles. The summed E-state index contributed by atoms with van der Waals surface area (Å²) in [6.45, 7) is 13.7. The van der Waals surface area contributed by atoms with Gasteiger partial charge in [0.1, 0.15) is 5.75 Å². The molecule has 0 bridgehead atoms. The van der Waals surface area contributed by atoms with E-state index in [1.165, 1.54) is 27.5 Å². The van der Waals surface area contributed by atoms with Crippen LogP contribution < -0.4 is 10.1 Å². The molecule has 0 spiro atoms. The zero-order valence-electron chi connectivity index (χ0n) is 27.4. The topological polar surface area (TPSA) is 34.1 Å². The lowest BCUT2D eigenvalue weighted by molar-refractivity contribution is 0.416. The van der Waals surface area contributed by atoms with E-state index < -0.39 is 0 Å². The van der Waals surface area contributed by atoms with Gasteiger partial charge in [0.15, 0.2) is 0 Å². The van der Waals surface area contributed by atoms with Crippen LogP contribution in [-0.4, -0.2) is 12.1 Å². The van der Waals surface area contributed by atoms with E-state index in [4.69, 9.17) is 9.72 Å². The zero-order valence-corrected chi connectivity index (χ0v) is 27.4. The van der Waals surface area contributed by atoms with Crippen LogP contribution >= 0.6 is 0 Å². The number of hydrogen-bond donors (Lipinski definition) is 1. The summed E-state index contributed by atoms with van der Waals surface area (Å²) in [5.74, 6) is 0.804. The molecule has 6 aromatic rings. The zero-order chi connectivity index (χ0) is 31.8. The van der Waals surface area contributed by atoms with Crippen molar-refractivity contribution in [2.24, 2.45) is 0 Å². The Hall–Kier alpha value is -4.89. The number of ether oxygens (including phenoxy) is 1. The van der Waals surface area contributed by atoms with Crippen LogP contribution in [0.5, 0.6) is 5.75 Å². The highest BCUT2D eigenvalue weighted by molar-refractivity contribution is 5.95. The predicted molar refractivity (Wildman–Crippen MR) is 192 cm³/mol. The fraction of sp³-hybridized carbons (Fsp3) is 0.214. The Labute approximate surface area is 268 Å². The van der Waals surface area contributed by atoms with E-state index in [0.29, 0.717) is 0 Å². The summed E-state index contributed by atoms with van der Waals surface area (Å²) < 4.78 is 5.79. The Bertz CT molecular complexity index is 1950. The Morgan fingerprint density at radius 3 is 1.91 bits per heavy atom. The van der Waals surface area contributed by atoms with Gasteiger partial charge in [-0.2, -0.15) is 0 Å². The van der Waals surface area contributed by atoms with Crippen molar-refractivity contribution in [1.29, 1.82) is 0 Å². The van der Waals surface area contributed by atoms with Crippen LogP contribution in [0.2, 0.25) is 0 Å². The molecule has 5 aromatic carbocycles. The number of rotatable bonds is 6. The molecule has 0 saturated carbocycles. The number of fused-ring (bicyclic) bond motifs is 1. The molecule has 0 fully saturated rings. The minimum absolute atomic E-state index is 0.0129. The maximum absolute atomic E-state index is 5.79. The summed E-state index contributed by atoms with van der Waals surface area (Å²) in [5, 5.41) is 6.07. The number of nitrogens with zero attached hydrogens (tertiary/aromatic N) is 1. The number of anilines is 2. The van der Waals surface area contributed by atoms with Crippen molar-refractivity contribution in [3.63, 3.8) is 0 Å². The summed E-state index contributed by atoms with van der Waals surface area (Å²) in [6.07, 6.45) is 0. The van der Waals surface area contributed by atoms with Gasteiger partial charge in [0.05, 0.1) is 18.5 Å². The molecule has 1 aromatic heterocycles. The molecule has 3 heteroatoms. The van der Waals surface area contributed by atoms with Crippen molar-refractivity contribution in [2.75, 3.05) is 12.4 Å². The first-order valence-corrected chi connectivity index (χ1v) is 15.7. The van der Waals surface area contributed by atoms with Crippen molar-refractivity contribution in [1.82, 2.24) is 4.98 Å². The van der Waals surface area contributed by atoms with Crippen molar-refractivity contribution in [2.45, 2.75) is 52.4 Å². The maximum atomic E-state index is 5.79. The molecule has 0 unspecified atom stereocenters. The highest BCUT2D eigenvalue weighted by Crippen LogP contribution is 2.38. The Morgan fingerprint density at radius 1 is 0.556 bits per heavy atom. The Morgan fingerprint density at radius 2 is 1.18 bits per heavy atom. The molecule has 6 rings (SSSR count). The lowest BCUT2D eigenvalue weighted by atomic mass is 9.79. The van der Waals surface area contributed by atoms with Gasteiger partial charge in [0.2, 0.25) is 0 Å². The lowest BCUT2D eigenvalue weighted by Crippen LogP contribution is -2.16. The van der Waals surface area contributed by atoms with Crippen molar-refractivity contribution < 1.29 is 4.74 Å². The molecule has 0 aliphatic rings. The third kappa shape index (κ3) is 6.49. The molecule has 1 N–H and O–H groups in total. The molecule has 0 radical (unpaired) electrons. The number of methoxy groups -OCH3 is 1. The predicted octanol–water partition coefficient (Wildman–Crippen LogP) is 11.6. The smallest absolute Gasteiger partial charge is 0.128 e. The Balaban J connectivity index is 1.52. The van der Waals surface area contributed by atoms with Crippen LogP contribution in [0.25, 0.3) is 44.4 Å². The molecule has 0 atom stereocenters. The summed E-state index contributed by atoms with van der Waals surface area (Å²) in [4.78, 5) is 5.24. The maximum Gasteiger partial charge on any atom is 0.128 e. The standard InChI is InChI=1S/C42H42N2O/c1-41(2,3)32-22-30(23-33(27-32)42(4,5)6)31-25-38(44-39(26-31)36-19-10-11-21-40(36)45-7)29-16-12-17-34(24-29)43-37-20-13-15-28-14-8-9-18-35(28)37/h8-27,43H,1-7H3. The average Bonchev–Trinajstić information content (AvgIpc) is 3.04. The summed E-state index contributed by atoms with van der Waals surface area (Å²) in [7, 11) is 1.72. The third-order valence-corrected chi connectivity index (χ3v) is 8.43. The number of aromatic nitrogens is 1. The fourth-order valence-electron chi connectivity index (χ4n) is 5.75. The number of benzene rings is 5. The molecule has 0 amide bonds. The molecule has 3 nitrogen and oxygen atoms in total. The quantitative estimate of drug-likeness (QED) is 0.209. The van der Waals surface area contributed by atoms with E-state index >= 15 is 0 Å². The van der Waals surface area contributed by atoms with E-state index in [9.17, 15) is 0 Å². The van der Waals surface area contributed by atoms with Gasteiger partial charge in [-0.25, -0.2) is 4.98 Å². The average molecular weight is 591 g/mol. The third-order valence-electron chi connectivity index (χ3n) is 8.43. The van der Waals surface area contributed by atoms with E-state index in [2.05, 4.69) is 150 Å². The van der Waals surface area contributed by atoms with Crippen LogP contribution in [0.3, 0.4) is 0 Å². The summed E-state index contributed by atoms with van der Waals surface area (Å²) in [6, 6.07) is 43.0. The van der Waals surface area contributed by atoms with E-state index in [1.54, 1.807) is 7.11 Å². The van der Waals surface area contributed by atoms with E-state index in [-0.39, 0.29) is 10.8 Å². The highest BCUT2D eigenvalue weighted by atomic mass is 16.5. The van der Waals surface area contributed by atoms with Gasteiger partial charge < -0.3 is 10.1 Å². The van der Waals surface area contributed by atoms with Gasteiger partial charge in [-0.1, -0.05) is 120 Å². The van der Waals surface area contributed by atoms with Crippen LogP contribution in [0.15, 0.2) is 121 Å². The second-order valence-electron chi connectivity index (χ2n) is 13.9. The first-order valence-electron chi connectivity index (χ1n) is 15.7. The van der Waals surface area contributed by atoms with Gasteiger partial charge in [0.25, 0.3) is 0 Å². The number of hydrogen-bond acceptors (Lipinski definition) is 3. The number of nitrogens with one attached hydrogen (secondary N) is 1. The van der Waals surface area contributed by atoms with Crippen molar-refractivity contribution >= 4 is 22.1 Å². The van der Waals surface area contributed by atoms with E-state index in [0.717, 1.165) is 45.2 Å². The van der Waals surface area contributed by atoms with Crippen molar-refractivity contribution in [3.8, 4) is 39.4 Å². The molecule has 0 saturated heterocycles. The highest BCUT2D eigenvalue weighted by Gasteiger charge is 2.22. The first-order chi connectivity index (χ1) is 21.5. The van der Waals surface area contributed by atoms with Crippen LogP contribution in [-0.2, 0) is 10.8 Å². The largest absolute Gasteiger partial charge is 0.496 e. The van der Waals surface area contributed by atoms with Crippen LogP contribution in [0, 0.1) is 0 Å². The molecule has 226 valence electrons. The monoisotopic (exact) mass is 590 g/mol. The minimum Gasteiger partial charge on any atom is -0.496 e. The van der Waals surface area contributed by atoms with Crippen molar-refractivity contribution in [3.05, 3.63) is 132 Å². The fourth-order valence-corrected chi connectivity index (χ4v) is 5.75. The van der Waals surface area contributed by atoms with Gasteiger partial charge in [-0.3, -0.25) is 0 Å². The van der Waals surface area contributed by atoms with E-state index in [1.807, 2.05) is 18.2 Å². The van der Waals surface area contributed by atoms with Gasteiger partial charge >= 0.3 is 0 Å². The lowest BCUT2D eigenvalue weighted by Gasteiger charge is -2.26. The molecule has 1 heterocycles. The SMILES string of the molecule is COc1ccccc1-c1cc(-c2cc(C(C)(C)C)cc(C(C)(C)C)c2)cc(-c2cccc(Nc3cccc4ccccc34)c2)n1. The van der Waals surface area contributed by atoms with Gasteiger partial charge in [-0.05, 0) is 80.9 Å². The summed E-state index contributed by atoms with van der Waals surface area (Å²) in [5.41, 5.74) is 10.9. The first kappa shape index (κ1) is 30.1.